The summed E-state index contributed by atoms with van der Waals surface area (Å²) in [7, 11) is 0. The molecule has 1 atom stereocenters. The maximum atomic E-state index is 11.2. The van der Waals surface area contributed by atoms with E-state index in [9.17, 15) is 9.90 Å². The quantitative estimate of drug-likeness (QED) is 0.793. The number of rotatable bonds is 5. The molecule has 0 amide bonds. The van der Waals surface area contributed by atoms with Crippen LogP contribution in [0, 0.1) is 0 Å². The zero-order chi connectivity index (χ0) is 13.1. The van der Waals surface area contributed by atoms with Gasteiger partial charge in [-0.05, 0) is 17.5 Å². The zero-order valence-corrected chi connectivity index (χ0v) is 11.3. The summed E-state index contributed by atoms with van der Waals surface area (Å²) in [5, 5.41) is 12.1. The van der Waals surface area contributed by atoms with Crippen molar-refractivity contribution in [3.05, 3.63) is 34.5 Å². The van der Waals surface area contributed by atoms with Gasteiger partial charge in [-0.2, -0.15) is 0 Å². The van der Waals surface area contributed by atoms with Crippen molar-refractivity contribution in [3.8, 4) is 0 Å². The lowest BCUT2D eigenvalue weighted by Gasteiger charge is -2.16. The van der Waals surface area contributed by atoms with E-state index in [1.165, 1.54) is 4.88 Å². The molecule has 0 aliphatic rings. The molecule has 0 bridgehead atoms. The molecule has 1 aromatic heterocycles. The van der Waals surface area contributed by atoms with E-state index in [2.05, 4.69) is 32.7 Å². The molecular formula is C13H19NO2S. The molecule has 4 heteroatoms. The standard InChI is InChI=1S/C13H19NO2S/c1-5-8-14-11(12(15)16)9-6-7-10(17-9)13(2,3)4/h5-7,11,14H,1,8H2,2-4H3,(H,15,16). The van der Waals surface area contributed by atoms with Crippen molar-refractivity contribution in [2.24, 2.45) is 0 Å². The predicted molar refractivity (Wildman–Crippen MR) is 71.6 cm³/mol. The highest BCUT2D eigenvalue weighted by atomic mass is 32.1. The summed E-state index contributed by atoms with van der Waals surface area (Å²) in [6.07, 6.45) is 1.66. The Hall–Kier alpha value is -1.13. The van der Waals surface area contributed by atoms with Crippen LogP contribution in [0.25, 0.3) is 0 Å². The molecule has 3 nitrogen and oxygen atoms in total. The predicted octanol–water partition coefficient (Wildman–Crippen LogP) is 2.95. The van der Waals surface area contributed by atoms with Crippen molar-refractivity contribution in [2.45, 2.75) is 32.2 Å². The van der Waals surface area contributed by atoms with E-state index in [1.54, 1.807) is 17.4 Å². The van der Waals surface area contributed by atoms with Crippen molar-refractivity contribution < 1.29 is 9.90 Å². The normalized spacial score (nSPS) is 13.4. The fourth-order valence-electron chi connectivity index (χ4n) is 1.42. The van der Waals surface area contributed by atoms with Crippen LogP contribution < -0.4 is 5.32 Å². The highest BCUT2D eigenvalue weighted by Crippen LogP contribution is 2.32. The van der Waals surface area contributed by atoms with Crippen LogP contribution >= 0.6 is 11.3 Å². The van der Waals surface area contributed by atoms with Gasteiger partial charge < -0.3 is 5.11 Å². The Morgan fingerprint density at radius 3 is 2.65 bits per heavy atom. The first-order chi connectivity index (χ1) is 7.86. The molecule has 1 rings (SSSR count). The minimum atomic E-state index is -0.853. The van der Waals surface area contributed by atoms with Crippen LogP contribution in [0.2, 0.25) is 0 Å². The van der Waals surface area contributed by atoms with Crippen molar-refractivity contribution in [1.29, 1.82) is 0 Å². The fraction of sp³-hybridized carbons (Fsp3) is 0.462. The molecule has 2 N–H and O–H groups in total. The molecule has 94 valence electrons. The van der Waals surface area contributed by atoms with E-state index in [0.717, 1.165) is 4.88 Å². The van der Waals surface area contributed by atoms with Gasteiger partial charge in [0.15, 0.2) is 0 Å². The lowest BCUT2D eigenvalue weighted by molar-refractivity contribution is -0.139. The van der Waals surface area contributed by atoms with Gasteiger partial charge in [-0.3, -0.25) is 10.1 Å². The van der Waals surface area contributed by atoms with Crippen LogP contribution in [-0.4, -0.2) is 17.6 Å². The van der Waals surface area contributed by atoms with Gasteiger partial charge in [0.2, 0.25) is 0 Å². The van der Waals surface area contributed by atoms with Crippen LogP contribution in [0.4, 0.5) is 0 Å². The summed E-state index contributed by atoms with van der Waals surface area (Å²) in [5.41, 5.74) is 0.0599. The summed E-state index contributed by atoms with van der Waals surface area (Å²) < 4.78 is 0. The Labute approximate surface area is 106 Å². The summed E-state index contributed by atoms with van der Waals surface area (Å²) in [4.78, 5) is 13.2. The van der Waals surface area contributed by atoms with Gasteiger partial charge in [-0.25, -0.2) is 0 Å². The molecule has 0 radical (unpaired) electrons. The molecule has 0 aliphatic heterocycles. The first kappa shape index (κ1) is 13.9. The third-order valence-electron chi connectivity index (χ3n) is 2.36. The average Bonchev–Trinajstić information content (AvgIpc) is 2.66. The Morgan fingerprint density at radius 1 is 1.59 bits per heavy atom. The highest BCUT2D eigenvalue weighted by molar-refractivity contribution is 7.12. The SMILES string of the molecule is C=CCNC(C(=O)O)c1ccc(C(C)(C)C)s1. The largest absolute Gasteiger partial charge is 0.480 e. The van der Waals surface area contributed by atoms with Crippen LogP contribution in [0.1, 0.15) is 36.6 Å². The van der Waals surface area contributed by atoms with E-state index < -0.39 is 12.0 Å². The van der Waals surface area contributed by atoms with Gasteiger partial charge in [0.25, 0.3) is 0 Å². The lowest BCUT2D eigenvalue weighted by Crippen LogP contribution is -2.27. The monoisotopic (exact) mass is 253 g/mol. The molecule has 0 saturated carbocycles. The van der Waals surface area contributed by atoms with Gasteiger partial charge in [0, 0.05) is 16.3 Å². The van der Waals surface area contributed by atoms with E-state index in [-0.39, 0.29) is 5.41 Å². The summed E-state index contributed by atoms with van der Waals surface area (Å²) in [6.45, 7) is 10.4. The zero-order valence-electron chi connectivity index (χ0n) is 10.5. The second-order valence-corrected chi connectivity index (χ2v) is 6.04. The van der Waals surface area contributed by atoms with Crippen molar-refractivity contribution in [3.63, 3.8) is 0 Å². The molecule has 1 heterocycles. The number of nitrogens with one attached hydrogen (secondary N) is 1. The van der Waals surface area contributed by atoms with Crippen LogP contribution in [-0.2, 0) is 10.2 Å². The molecule has 0 aliphatic carbocycles. The molecule has 1 unspecified atom stereocenters. The minimum Gasteiger partial charge on any atom is -0.480 e. The molecule has 1 aromatic rings. The van der Waals surface area contributed by atoms with Gasteiger partial charge in [-0.15, -0.1) is 17.9 Å². The third-order valence-corrected chi connectivity index (χ3v) is 3.94. The number of hydrogen-bond donors (Lipinski definition) is 2. The van der Waals surface area contributed by atoms with E-state index in [4.69, 9.17) is 0 Å². The number of hydrogen-bond acceptors (Lipinski definition) is 3. The second kappa shape index (κ2) is 5.47. The second-order valence-electron chi connectivity index (χ2n) is 4.92. The molecule has 0 spiro atoms. The topological polar surface area (TPSA) is 49.3 Å². The number of carboxylic acid groups (broad SMARTS) is 1. The number of carboxylic acids is 1. The lowest BCUT2D eigenvalue weighted by atomic mass is 9.95. The number of aliphatic carboxylic acids is 1. The summed E-state index contributed by atoms with van der Waals surface area (Å²) >= 11 is 1.55. The number of thiophene rings is 1. The Kier molecular flexibility index (Phi) is 4.48. The Bertz CT molecular complexity index is 404. The molecule has 0 fully saturated rings. The van der Waals surface area contributed by atoms with Crippen LogP contribution in [0.3, 0.4) is 0 Å². The van der Waals surface area contributed by atoms with E-state index in [1.807, 2.05) is 12.1 Å². The Morgan fingerprint density at radius 2 is 2.24 bits per heavy atom. The van der Waals surface area contributed by atoms with Crippen molar-refractivity contribution in [2.75, 3.05) is 6.54 Å². The first-order valence-electron chi connectivity index (χ1n) is 5.53. The van der Waals surface area contributed by atoms with Crippen molar-refractivity contribution in [1.82, 2.24) is 5.32 Å². The maximum absolute atomic E-state index is 11.2. The van der Waals surface area contributed by atoms with Gasteiger partial charge in [0.05, 0.1) is 0 Å². The van der Waals surface area contributed by atoms with Crippen molar-refractivity contribution >= 4 is 17.3 Å². The van der Waals surface area contributed by atoms with E-state index in [0.29, 0.717) is 6.54 Å². The van der Waals surface area contributed by atoms with Gasteiger partial charge >= 0.3 is 5.97 Å². The number of carbonyl (C=O) groups is 1. The Balaban J connectivity index is 2.92. The smallest absolute Gasteiger partial charge is 0.326 e. The van der Waals surface area contributed by atoms with Crippen LogP contribution in [0.5, 0.6) is 0 Å². The van der Waals surface area contributed by atoms with Gasteiger partial charge in [0.1, 0.15) is 6.04 Å². The van der Waals surface area contributed by atoms with Gasteiger partial charge in [-0.1, -0.05) is 26.8 Å². The summed E-state index contributed by atoms with van der Waals surface area (Å²) in [6, 6.07) is 3.25. The molecular weight excluding hydrogens is 234 g/mol. The minimum absolute atomic E-state index is 0.0599. The summed E-state index contributed by atoms with van der Waals surface area (Å²) in [5.74, 6) is -0.853. The van der Waals surface area contributed by atoms with Crippen LogP contribution in [0.15, 0.2) is 24.8 Å². The fourth-order valence-corrected chi connectivity index (χ4v) is 2.56. The molecule has 0 saturated heterocycles. The third kappa shape index (κ3) is 3.68. The highest BCUT2D eigenvalue weighted by Gasteiger charge is 2.23. The molecule has 0 aromatic carbocycles. The molecule has 17 heavy (non-hydrogen) atoms. The average molecular weight is 253 g/mol. The maximum Gasteiger partial charge on any atom is 0.326 e. The first-order valence-corrected chi connectivity index (χ1v) is 6.35. The van der Waals surface area contributed by atoms with E-state index >= 15 is 0 Å².